The van der Waals surface area contributed by atoms with Crippen molar-refractivity contribution < 1.29 is 23.5 Å². The lowest BCUT2D eigenvalue weighted by molar-refractivity contribution is 0.0414. The Hall–Kier alpha value is -2.56. The standard InChI is InChI=1S/C21H26O5/c1-13(2)10-25-20(22)17-12-24-19(16-9-7-6-8-15(16)5)18(17)21(23)26-11-14(3)4/h6-9,12-14H,10-11H2,1-5H3. The van der Waals surface area contributed by atoms with E-state index in [-0.39, 0.29) is 36.2 Å². The predicted octanol–water partition coefficient (Wildman–Crippen LogP) is 4.88. The second kappa shape index (κ2) is 8.70. The number of hydrogen-bond donors (Lipinski definition) is 0. The fraction of sp³-hybridized carbons (Fsp3) is 0.429. The molecule has 1 aromatic heterocycles. The van der Waals surface area contributed by atoms with E-state index in [4.69, 9.17) is 13.9 Å². The van der Waals surface area contributed by atoms with Gasteiger partial charge in [-0.15, -0.1) is 0 Å². The van der Waals surface area contributed by atoms with Crippen LogP contribution < -0.4 is 0 Å². The van der Waals surface area contributed by atoms with E-state index in [0.717, 1.165) is 11.1 Å². The molecular formula is C21H26O5. The predicted molar refractivity (Wildman–Crippen MR) is 99.1 cm³/mol. The molecule has 0 unspecified atom stereocenters. The molecule has 26 heavy (non-hydrogen) atoms. The summed E-state index contributed by atoms with van der Waals surface area (Å²) in [5.74, 6) is -0.462. The van der Waals surface area contributed by atoms with Crippen LogP contribution in [-0.2, 0) is 9.47 Å². The summed E-state index contributed by atoms with van der Waals surface area (Å²) >= 11 is 0. The first-order valence-electron chi connectivity index (χ1n) is 8.83. The van der Waals surface area contributed by atoms with Crippen LogP contribution in [0.15, 0.2) is 34.9 Å². The molecule has 2 rings (SSSR count). The van der Waals surface area contributed by atoms with Gasteiger partial charge in [-0.05, 0) is 24.3 Å². The number of carbonyl (C=O) groups is 2. The van der Waals surface area contributed by atoms with Crippen molar-refractivity contribution in [3.8, 4) is 11.3 Å². The van der Waals surface area contributed by atoms with E-state index < -0.39 is 11.9 Å². The highest BCUT2D eigenvalue weighted by Gasteiger charge is 2.29. The van der Waals surface area contributed by atoms with Gasteiger partial charge < -0.3 is 13.9 Å². The number of esters is 2. The number of carbonyl (C=O) groups excluding carboxylic acids is 2. The average Bonchev–Trinajstić information content (AvgIpc) is 3.02. The molecule has 140 valence electrons. The Labute approximate surface area is 154 Å². The number of benzene rings is 1. The maximum atomic E-state index is 12.7. The van der Waals surface area contributed by atoms with Crippen LogP contribution in [0.4, 0.5) is 0 Å². The van der Waals surface area contributed by atoms with Crippen LogP contribution in [0.1, 0.15) is 54.0 Å². The van der Waals surface area contributed by atoms with E-state index >= 15 is 0 Å². The maximum absolute atomic E-state index is 12.7. The van der Waals surface area contributed by atoms with E-state index in [9.17, 15) is 9.59 Å². The summed E-state index contributed by atoms with van der Waals surface area (Å²) in [4.78, 5) is 25.1. The van der Waals surface area contributed by atoms with Gasteiger partial charge >= 0.3 is 11.9 Å². The number of aryl methyl sites for hydroxylation is 1. The summed E-state index contributed by atoms with van der Waals surface area (Å²) in [6, 6.07) is 7.51. The SMILES string of the molecule is Cc1ccccc1-c1occ(C(=O)OCC(C)C)c1C(=O)OCC(C)C. The Balaban J connectivity index is 2.44. The molecule has 1 aromatic carbocycles. The Morgan fingerprint density at radius 1 is 0.962 bits per heavy atom. The molecule has 0 atom stereocenters. The average molecular weight is 358 g/mol. The van der Waals surface area contributed by atoms with Gasteiger partial charge in [0.2, 0.25) is 0 Å². The van der Waals surface area contributed by atoms with Crippen molar-refractivity contribution in [2.45, 2.75) is 34.6 Å². The smallest absolute Gasteiger partial charge is 0.342 e. The first-order chi connectivity index (χ1) is 12.3. The molecule has 5 heteroatoms. The van der Waals surface area contributed by atoms with Gasteiger partial charge in [0.1, 0.15) is 23.2 Å². The third kappa shape index (κ3) is 4.75. The van der Waals surface area contributed by atoms with Gasteiger partial charge in [0.25, 0.3) is 0 Å². The third-order valence-corrected chi connectivity index (χ3v) is 3.70. The quantitative estimate of drug-likeness (QED) is 0.660. The van der Waals surface area contributed by atoms with Gasteiger partial charge in [0.05, 0.1) is 13.2 Å². The molecule has 0 fully saturated rings. The Kier molecular flexibility index (Phi) is 6.61. The number of rotatable bonds is 7. The maximum Gasteiger partial charge on any atom is 0.342 e. The van der Waals surface area contributed by atoms with Gasteiger partial charge in [0, 0.05) is 5.56 Å². The van der Waals surface area contributed by atoms with Gasteiger partial charge in [-0.2, -0.15) is 0 Å². The van der Waals surface area contributed by atoms with E-state index in [0.29, 0.717) is 5.76 Å². The topological polar surface area (TPSA) is 65.7 Å². The monoisotopic (exact) mass is 358 g/mol. The second-order valence-electron chi connectivity index (χ2n) is 7.15. The van der Waals surface area contributed by atoms with E-state index in [2.05, 4.69) is 0 Å². The highest BCUT2D eigenvalue weighted by atomic mass is 16.5. The molecule has 5 nitrogen and oxygen atoms in total. The molecule has 0 N–H and O–H groups in total. The van der Waals surface area contributed by atoms with E-state index in [1.54, 1.807) is 0 Å². The van der Waals surface area contributed by atoms with Crippen LogP contribution in [0, 0.1) is 18.8 Å². The second-order valence-corrected chi connectivity index (χ2v) is 7.15. The molecule has 1 heterocycles. The summed E-state index contributed by atoms with van der Waals surface area (Å²) in [7, 11) is 0. The molecular weight excluding hydrogens is 332 g/mol. The fourth-order valence-corrected chi connectivity index (χ4v) is 2.37. The fourth-order valence-electron chi connectivity index (χ4n) is 2.37. The van der Waals surface area contributed by atoms with Gasteiger partial charge in [-0.25, -0.2) is 9.59 Å². The lowest BCUT2D eigenvalue weighted by Crippen LogP contribution is -2.16. The Morgan fingerprint density at radius 3 is 2.12 bits per heavy atom. The number of ether oxygens (including phenoxy) is 2. The highest BCUT2D eigenvalue weighted by Crippen LogP contribution is 2.32. The molecule has 0 aliphatic heterocycles. The van der Waals surface area contributed by atoms with Gasteiger partial charge in [-0.3, -0.25) is 0 Å². The minimum atomic E-state index is -0.584. The molecule has 0 aliphatic carbocycles. The molecule has 2 aromatic rings. The zero-order valence-corrected chi connectivity index (χ0v) is 16.0. The van der Waals surface area contributed by atoms with E-state index in [1.165, 1.54) is 6.26 Å². The van der Waals surface area contributed by atoms with Crippen LogP contribution in [-0.4, -0.2) is 25.2 Å². The first kappa shape index (κ1) is 19.8. The zero-order chi connectivity index (χ0) is 19.3. The number of furan rings is 1. The molecule has 0 radical (unpaired) electrons. The largest absolute Gasteiger partial charge is 0.462 e. The normalized spacial score (nSPS) is 11.0. The minimum Gasteiger partial charge on any atom is -0.462 e. The van der Waals surface area contributed by atoms with Crippen LogP contribution in [0.25, 0.3) is 11.3 Å². The van der Waals surface area contributed by atoms with E-state index in [1.807, 2.05) is 58.9 Å². The molecule has 0 spiro atoms. The molecule has 0 bridgehead atoms. The van der Waals surface area contributed by atoms with Crippen molar-refractivity contribution in [3.05, 3.63) is 47.2 Å². The highest BCUT2D eigenvalue weighted by molar-refractivity contribution is 6.07. The molecule has 0 amide bonds. The lowest BCUT2D eigenvalue weighted by Gasteiger charge is -2.10. The molecule has 0 saturated carbocycles. The summed E-state index contributed by atoms with van der Waals surface area (Å²) in [6.45, 7) is 10.2. The van der Waals surface area contributed by atoms with Crippen molar-refractivity contribution in [3.63, 3.8) is 0 Å². The summed E-state index contributed by atoms with van der Waals surface area (Å²) in [5, 5.41) is 0. The summed E-state index contributed by atoms with van der Waals surface area (Å²) < 4.78 is 16.3. The molecule has 0 aliphatic rings. The molecule has 0 saturated heterocycles. The van der Waals surface area contributed by atoms with Crippen molar-refractivity contribution in [2.24, 2.45) is 11.8 Å². The van der Waals surface area contributed by atoms with Crippen LogP contribution in [0.5, 0.6) is 0 Å². The zero-order valence-electron chi connectivity index (χ0n) is 16.0. The van der Waals surface area contributed by atoms with Crippen LogP contribution in [0.2, 0.25) is 0 Å². The van der Waals surface area contributed by atoms with Crippen molar-refractivity contribution >= 4 is 11.9 Å². The van der Waals surface area contributed by atoms with Crippen LogP contribution in [0.3, 0.4) is 0 Å². The minimum absolute atomic E-state index is 0.0951. The third-order valence-electron chi connectivity index (χ3n) is 3.70. The lowest BCUT2D eigenvalue weighted by atomic mass is 10.0. The van der Waals surface area contributed by atoms with Crippen molar-refractivity contribution in [1.29, 1.82) is 0 Å². The van der Waals surface area contributed by atoms with Crippen LogP contribution >= 0.6 is 0 Å². The van der Waals surface area contributed by atoms with Gasteiger partial charge in [0.15, 0.2) is 0 Å². The van der Waals surface area contributed by atoms with Crippen molar-refractivity contribution in [2.75, 3.05) is 13.2 Å². The summed E-state index contributed by atoms with van der Waals surface area (Å²) in [5.41, 5.74) is 1.89. The van der Waals surface area contributed by atoms with Gasteiger partial charge in [-0.1, -0.05) is 52.0 Å². The number of hydrogen-bond acceptors (Lipinski definition) is 5. The summed E-state index contributed by atoms with van der Waals surface area (Å²) in [6.07, 6.45) is 1.27. The van der Waals surface area contributed by atoms with Crippen molar-refractivity contribution in [1.82, 2.24) is 0 Å². The Morgan fingerprint density at radius 2 is 1.54 bits per heavy atom. The Bertz CT molecular complexity index is 770. The first-order valence-corrected chi connectivity index (χ1v) is 8.83.